The van der Waals surface area contributed by atoms with Crippen LogP contribution in [-0.2, 0) is 0 Å². The molecule has 23 heavy (non-hydrogen) atoms. The van der Waals surface area contributed by atoms with Gasteiger partial charge in [-0.2, -0.15) is 0 Å². The maximum atomic E-state index is 2.36. The van der Waals surface area contributed by atoms with Gasteiger partial charge < -0.3 is 0 Å². The van der Waals surface area contributed by atoms with Crippen molar-refractivity contribution >= 4 is 0 Å². The van der Waals surface area contributed by atoms with Gasteiger partial charge in [0.15, 0.2) is 0 Å². The number of hydrogen-bond acceptors (Lipinski definition) is 0. The smallest absolute Gasteiger partial charge is 0.0391 e. The van der Waals surface area contributed by atoms with E-state index in [1.807, 2.05) is 0 Å². The van der Waals surface area contributed by atoms with Crippen LogP contribution in [-0.4, -0.2) is 0 Å². The molecule has 0 radical (unpaired) electrons. The summed E-state index contributed by atoms with van der Waals surface area (Å²) in [6.07, 6.45) is 16.4. The van der Waals surface area contributed by atoms with Crippen LogP contribution in [0, 0.1) is 35.5 Å². The lowest BCUT2D eigenvalue weighted by Gasteiger charge is -2.24. The second kappa shape index (κ2) is 11.5. The van der Waals surface area contributed by atoms with Crippen LogP contribution < -0.4 is 0 Å². The monoisotopic (exact) mass is 322 g/mol. The lowest BCUT2D eigenvalue weighted by atomic mass is 9.82. The molecule has 3 aliphatic carbocycles. The van der Waals surface area contributed by atoms with Crippen LogP contribution in [0.15, 0.2) is 0 Å². The van der Waals surface area contributed by atoms with E-state index in [-0.39, 0.29) is 0 Å². The molecule has 3 fully saturated rings. The average Bonchev–Trinajstić information content (AvgIpc) is 3.24. The van der Waals surface area contributed by atoms with E-state index < -0.39 is 0 Å². The quantitative estimate of drug-likeness (QED) is 0.492. The summed E-state index contributed by atoms with van der Waals surface area (Å²) in [6.45, 7) is 14.0. The van der Waals surface area contributed by atoms with Crippen molar-refractivity contribution in [1.82, 2.24) is 0 Å². The molecule has 0 nitrogen and oxygen atoms in total. The third-order valence-corrected chi connectivity index (χ3v) is 6.50. The first kappa shape index (κ1) is 21.0. The molecular formula is C23H46. The van der Waals surface area contributed by atoms with E-state index in [4.69, 9.17) is 0 Å². The molecule has 0 spiro atoms. The van der Waals surface area contributed by atoms with Crippen LogP contribution in [0.2, 0.25) is 0 Å². The minimum atomic E-state index is 0.935. The summed E-state index contributed by atoms with van der Waals surface area (Å²) in [5, 5.41) is 0. The Labute approximate surface area is 148 Å². The van der Waals surface area contributed by atoms with Gasteiger partial charge in [0, 0.05) is 0 Å². The van der Waals surface area contributed by atoms with Gasteiger partial charge in [0.1, 0.15) is 0 Å². The summed E-state index contributed by atoms with van der Waals surface area (Å²) in [4.78, 5) is 0. The second-order valence-electron chi connectivity index (χ2n) is 9.51. The van der Waals surface area contributed by atoms with Crippen molar-refractivity contribution in [2.24, 2.45) is 35.5 Å². The van der Waals surface area contributed by atoms with Gasteiger partial charge in [-0.3, -0.25) is 0 Å². The van der Waals surface area contributed by atoms with E-state index >= 15 is 0 Å². The molecule has 0 atom stereocenters. The fraction of sp³-hybridized carbons (Fsp3) is 1.00. The van der Waals surface area contributed by atoms with Gasteiger partial charge in [0.2, 0.25) is 0 Å². The molecule has 0 heteroatoms. The Morgan fingerprint density at radius 3 is 0.826 bits per heavy atom. The molecule has 138 valence electrons. The van der Waals surface area contributed by atoms with Gasteiger partial charge in [-0.1, -0.05) is 99.3 Å². The van der Waals surface area contributed by atoms with Gasteiger partial charge >= 0.3 is 0 Å². The van der Waals surface area contributed by atoms with Crippen LogP contribution in [0.4, 0.5) is 0 Å². The van der Waals surface area contributed by atoms with E-state index in [0.29, 0.717) is 0 Å². The minimum Gasteiger partial charge on any atom is -0.0625 e. The molecule has 0 N–H and O–H groups in total. The van der Waals surface area contributed by atoms with Crippen molar-refractivity contribution in [2.45, 2.75) is 112 Å². The molecular weight excluding hydrogens is 276 g/mol. The zero-order valence-electron chi connectivity index (χ0n) is 17.2. The SMILES string of the molecule is CC(C)C1CC1.CC(C)C1CCCC1.CC(C)C1CCCCC1. The van der Waals surface area contributed by atoms with E-state index in [0.717, 1.165) is 35.5 Å². The Morgan fingerprint density at radius 1 is 0.391 bits per heavy atom. The summed E-state index contributed by atoms with van der Waals surface area (Å²) in [5.41, 5.74) is 0. The number of hydrogen-bond donors (Lipinski definition) is 0. The molecule has 3 aliphatic rings. The molecule has 3 saturated carbocycles. The first-order chi connectivity index (χ1) is 10.9. The average molecular weight is 323 g/mol. The molecule has 3 rings (SSSR count). The van der Waals surface area contributed by atoms with Gasteiger partial charge in [-0.25, -0.2) is 0 Å². The minimum absolute atomic E-state index is 0.935. The predicted molar refractivity (Wildman–Crippen MR) is 106 cm³/mol. The molecule has 0 aliphatic heterocycles. The van der Waals surface area contributed by atoms with Crippen molar-refractivity contribution in [3.8, 4) is 0 Å². The zero-order chi connectivity index (χ0) is 17.2. The highest BCUT2D eigenvalue weighted by Crippen LogP contribution is 2.35. The van der Waals surface area contributed by atoms with Crippen molar-refractivity contribution in [2.75, 3.05) is 0 Å². The second-order valence-corrected chi connectivity index (χ2v) is 9.51. The first-order valence-electron chi connectivity index (χ1n) is 10.9. The van der Waals surface area contributed by atoms with Gasteiger partial charge in [0.05, 0.1) is 0 Å². The highest BCUT2D eigenvalue weighted by Gasteiger charge is 2.24. The largest absolute Gasteiger partial charge is 0.0625 e. The fourth-order valence-corrected chi connectivity index (χ4v) is 4.19. The topological polar surface area (TPSA) is 0 Å². The van der Waals surface area contributed by atoms with E-state index in [9.17, 15) is 0 Å². The molecule has 0 aromatic rings. The Kier molecular flexibility index (Phi) is 10.6. The van der Waals surface area contributed by atoms with Crippen LogP contribution in [0.3, 0.4) is 0 Å². The van der Waals surface area contributed by atoms with Gasteiger partial charge in [0.25, 0.3) is 0 Å². The van der Waals surface area contributed by atoms with Crippen molar-refractivity contribution in [1.29, 1.82) is 0 Å². The highest BCUT2D eigenvalue weighted by molar-refractivity contribution is 4.75. The van der Waals surface area contributed by atoms with Crippen molar-refractivity contribution in [3.05, 3.63) is 0 Å². The van der Waals surface area contributed by atoms with Gasteiger partial charge in [-0.05, 0) is 48.3 Å². The summed E-state index contributed by atoms with van der Waals surface area (Å²) >= 11 is 0. The summed E-state index contributed by atoms with van der Waals surface area (Å²) in [6, 6.07) is 0. The van der Waals surface area contributed by atoms with E-state index in [2.05, 4.69) is 41.5 Å². The van der Waals surface area contributed by atoms with Crippen molar-refractivity contribution < 1.29 is 0 Å². The van der Waals surface area contributed by atoms with E-state index in [1.54, 1.807) is 0 Å². The van der Waals surface area contributed by atoms with Crippen LogP contribution >= 0.6 is 0 Å². The van der Waals surface area contributed by atoms with Gasteiger partial charge in [-0.15, -0.1) is 0 Å². The van der Waals surface area contributed by atoms with E-state index in [1.165, 1.54) is 70.6 Å². The maximum absolute atomic E-state index is 2.36. The lowest BCUT2D eigenvalue weighted by Crippen LogP contribution is -2.12. The highest BCUT2D eigenvalue weighted by atomic mass is 14.3. The Bertz CT molecular complexity index is 260. The normalized spacial score (nSPS) is 22.8. The van der Waals surface area contributed by atoms with Crippen LogP contribution in [0.5, 0.6) is 0 Å². The Morgan fingerprint density at radius 2 is 0.652 bits per heavy atom. The van der Waals surface area contributed by atoms with Crippen LogP contribution in [0.1, 0.15) is 112 Å². The van der Waals surface area contributed by atoms with Crippen molar-refractivity contribution in [3.63, 3.8) is 0 Å². The zero-order valence-corrected chi connectivity index (χ0v) is 17.2. The Balaban J connectivity index is 0.000000176. The molecule has 0 aromatic heterocycles. The molecule has 0 saturated heterocycles. The molecule has 0 aromatic carbocycles. The fourth-order valence-electron chi connectivity index (χ4n) is 4.19. The molecule has 0 amide bonds. The third kappa shape index (κ3) is 9.78. The predicted octanol–water partition coefficient (Wildman–Crippen LogP) is 8.11. The standard InChI is InChI=1S/C9H18.C8H16.C6H12/c1-8(2)9-6-4-3-5-7-9;1-7(2)8-5-3-4-6-8;1-5(2)6-3-4-6/h8-9H,3-7H2,1-2H3;7-8H,3-6H2,1-2H3;5-6H,3-4H2,1-2H3. The molecule has 0 heterocycles. The molecule has 0 bridgehead atoms. The summed E-state index contributed by atoms with van der Waals surface area (Å²) < 4.78 is 0. The van der Waals surface area contributed by atoms with Crippen LogP contribution in [0.25, 0.3) is 0 Å². The maximum Gasteiger partial charge on any atom is -0.0391 e. The summed E-state index contributed by atoms with van der Waals surface area (Å²) in [7, 11) is 0. The third-order valence-electron chi connectivity index (χ3n) is 6.50. The lowest BCUT2D eigenvalue weighted by molar-refractivity contribution is 0.279. The first-order valence-corrected chi connectivity index (χ1v) is 10.9. The summed E-state index contributed by atoms with van der Waals surface area (Å²) in [5.74, 6) is 6.06. The molecule has 0 unspecified atom stereocenters. The number of rotatable bonds is 3. The Hall–Kier alpha value is 0.